The molecule has 0 atom stereocenters. The van der Waals surface area contributed by atoms with E-state index in [9.17, 15) is 5.11 Å². The number of ether oxygens (including phenoxy) is 1. The molecule has 0 aliphatic heterocycles. The average molecular weight is 208 g/mol. The van der Waals surface area contributed by atoms with Crippen molar-refractivity contribution in [1.82, 2.24) is 0 Å². The van der Waals surface area contributed by atoms with Crippen LogP contribution in [0.4, 0.5) is 0 Å². The maximum atomic E-state index is 9.58. The van der Waals surface area contributed by atoms with Gasteiger partial charge in [-0.25, -0.2) is 0 Å². The fourth-order valence-corrected chi connectivity index (χ4v) is 1.34. The molecule has 0 aliphatic rings. The highest BCUT2D eigenvalue weighted by molar-refractivity contribution is 5.35. The van der Waals surface area contributed by atoms with Gasteiger partial charge in [-0.05, 0) is 31.4 Å². The lowest BCUT2D eigenvalue weighted by Crippen LogP contribution is -2.28. The highest BCUT2D eigenvalue weighted by Crippen LogP contribution is 2.26. The van der Waals surface area contributed by atoms with Crippen LogP contribution in [0.2, 0.25) is 0 Å². The molecule has 0 saturated carbocycles. The highest BCUT2D eigenvalue weighted by atomic mass is 16.5. The minimum Gasteiger partial charge on any atom is -0.490 e. The molecule has 0 heterocycles. The van der Waals surface area contributed by atoms with Gasteiger partial charge in [-0.1, -0.05) is 32.0 Å². The van der Waals surface area contributed by atoms with Crippen LogP contribution in [-0.4, -0.2) is 17.3 Å². The van der Waals surface area contributed by atoms with Gasteiger partial charge in [-0.2, -0.15) is 0 Å². The van der Waals surface area contributed by atoms with Crippen LogP contribution in [0.5, 0.6) is 5.75 Å². The normalized spacial score (nSPS) is 11.9. The van der Waals surface area contributed by atoms with Gasteiger partial charge >= 0.3 is 0 Å². The zero-order chi connectivity index (χ0) is 11.5. The number of rotatable bonds is 4. The molecule has 0 bridgehead atoms. The molecule has 0 aliphatic carbocycles. The second-order valence-electron chi connectivity index (χ2n) is 4.79. The van der Waals surface area contributed by atoms with Gasteiger partial charge in [0.1, 0.15) is 12.4 Å². The Morgan fingerprint density at radius 3 is 2.40 bits per heavy atom. The lowest BCUT2D eigenvalue weighted by atomic mass is 10.0. The van der Waals surface area contributed by atoms with Crippen molar-refractivity contribution in [2.75, 3.05) is 6.61 Å². The Labute approximate surface area is 91.9 Å². The van der Waals surface area contributed by atoms with Gasteiger partial charge in [-0.15, -0.1) is 0 Å². The van der Waals surface area contributed by atoms with Crippen LogP contribution < -0.4 is 4.74 Å². The van der Waals surface area contributed by atoms with E-state index < -0.39 is 5.60 Å². The standard InChI is InChI=1S/C13H20O2/c1-10(2)11-7-5-6-8-12(11)15-9-13(3,4)14/h5-8,10,14H,9H2,1-4H3. The van der Waals surface area contributed by atoms with E-state index in [4.69, 9.17) is 4.74 Å². The van der Waals surface area contributed by atoms with E-state index in [1.54, 1.807) is 13.8 Å². The van der Waals surface area contributed by atoms with Gasteiger partial charge in [0.05, 0.1) is 5.60 Å². The van der Waals surface area contributed by atoms with Crippen molar-refractivity contribution in [3.63, 3.8) is 0 Å². The van der Waals surface area contributed by atoms with Crippen LogP contribution in [0.1, 0.15) is 39.2 Å². The Balaban J connectivity index is 2.76. The quantitative estimate of drug-likeness (QED) is 0.824. The summed E-state index contributed by atoms with van der Waals surface area (Å²) < 4.78 is 5.61. The molecule has 0 radical (unpaired) electrons. The first-order valence-corrected chi connectivity index (χ1v) is 5.34. The molecule has 0 fully saturated rings. The molecule has 2 nitrogen and oxygen atoms in total. The van der Waals surface area contributed by atoms with Crippen LogP contribution in [0.3, 0.4) is 0 Å². The van der Waals surface area contributed by atoms with Crippen molar-refractivity contribution in [2.24, 2.45) is 0 Å². The zero-order valence-corrected chi connectivity index (χ0v) is 9.95. The number of benzene rings is 1. The summed E-state index contributed by atoms with van der Waals surface area (Å²) in [6.07, 6.45) is 0. The second-order valence-corrected chi connectivity index (χ2v) is 4.79. The number of hydrogen-bond donors (Lipinski definition) is 1. The SMILES string of the molecule is CC(C)c1ccccc1OCC(C)(C)O. The summed E-state index contributed by atoms with van der Waals surface area (Å²) >= 11 is 0. The third kappa shape index (κ3) is 3.92. The second kappa shape index (κ2) is 4.67. The summed E-state index contributed by atoms with van der Waals surface area (Å²) in [5.74, 6) is 1.30. The molecular formula is C13H20O2. The molecule has 1 rings (SSSR count). The minimum atomic E-state index is -0.788. The van der Waals surface area contributed by atoms with Crippen LogP contribution in [0.25, 0.3) is 0 Å². The molecule has 84 valence electrons. The van der Waals surface area contributed by atoms with Crippen molar-refractivity contribution >= 4 is 0 Å². The van der Waals surface area contributed by atoms with Crippen LogP contribution in [0, 0.1) is 0 Å². The Bertz CT molecular complexity index is 311. The summed E-state index contributed by atoms with van der Waals surface area (Å²) in [6.45, 7) is 8.06. The Kier molecular flexibility index (Phi) is 3.75. The van der Waals surface area contributed by atoms with Crippen LogP contribution >= 0.6 is 0 Å². The topological polar surface area (TPSA) is 29.5 Å². The molecule has 0 saturated heterocycles. The first-order chi connectivity index (χ1) is 6.90. The van der Waals surface area contributed by atoms with Gasteiger partial charge in [-0.3, -0.25) is 0 Å². The van der Waals surface area contributed by atoms with Gasteiger partial charge in [0.25, 0.3) is 0 Å². The van der Waals surface area contributed by atoms with E-state index >= 15 is 0 Å². The molecule has 1 N–H and O–H groups in total. The Morgan fingerprint density at radius 1 is 1.27 bits per heavy atom. The van der Waals surface area contributed by atoms with Crippen molar-refractivity contribution in [1.29, 1.82) is 0 Å². The third-order valence-electron chi connectivity index (χ3n) is 2.12. The fraction of sp³-hybridized carbons (Fsp3) is 0.538. The number of aliphatic hydroxyl groups is 1. The van der Waals surface area contributed by atoms with Crippen molar-refractivity contribution in [3.8, 4) is 5.75 Å². The van der Waals surface area contributed by atoms with Crippen LogP contribution in [-0.2, 0) is 0 Å². The molecule has 0 spiro atoms. The predicted molar refractivity (Wildman–Crippen MR) is 62.3 cm³/mol. The number of para-hydroxylation sites is 1. The predicted octanol–water partition coefficient (Wildman–Crippen LogP) is 2.96. The largest absolute Gasteiger partial charge is 0.490 e. The first-order valence-electron chi connectivity index (χ1n) is 5.34. The van der Waals surface area contributed by atoms with E-state index in [1.807, 2.05) is 18.2 Å². The first kappa shape index (κ1) is 12.1. The molecule has 0 unspecified atom stereocenters. The van der Waals surface area contributed by atoms with Gasteiger partial charge in [0, 0.05) is 0 Å². The molecule has 1 aromatic rings. The minimum absolute atomic E-state index is 0.316. The monoisotopic (exact) mass is 208 g/mol. The third-order valence-corrected chi connectivity index (χ3v) is 2.12. The van der Waals surface area contributed by atoms with Gasteiger partial charge in [0.15, 0.2) is 0 Å². The molecule has 2 heteroatoms. The molecule has 0 aromatic heterocycles. The average Bonchev–Trinajstić information content (AvgIpc) is 2.14. The zero-order valence-electron chi connectivity index (χ0n) is 9.95. The number of hydrogen-bond acceptors (Lipinski definition) is 2. The molecular weight excluding hydrogens is 188 g/mol. The molecule has 1 aromatic carbocycles. The maximum absolute atomic E-state index is 9.58. The Hall–Kier alpha value is -1.02. The molecule has 0 amide bonds. The summed E-state index contributed by atoms with van der Waals surface area (Å²) in [6, 6.07) is 7.96. The van der Waals surface area contributed by atoms with Crippen molar-refractivity contribution < 1.29 is 9.84 Å². The lowest BCUT2D eigenvalue weighted by molar-refractivity contribution is 0.0281. The summed E-state index contributed by atoms with van der Waals surface area (Å²) in [5.41, 5.74) is 0.395. The van der Waals surface area contributed by atoms with E-state index in [1.165, 1.54) is 5.56 Å². The van der Waals surface area contributed by atoms with E-state index in [2.05, 4.69) is 19.9 Å². The van der Waals surface area contributed by atoms with Gasteiger partial charge in [0.2, 0.25) is 0 Å². The lowest BCUT2D eigenvalue weighted by Gasteiger charge is -2.20. The summed E-state index contributed by atoms with van der Waals surface area (Å²) in [4.78, 5) is 0. The summed E-state index contributed by atoms with van der Waals surface area (Å²) in [5, 5.41) is 9.58. The van der Waals surface area contributed by atoms with Crippen LogP contribution in [0.15, 0.2) is 24.3 Å². The van der Waals surface area contributed by atoms with E-state index in [-0.39, 0.29) is 0 Å². The Morgan fingerprint density at radius 2 is 1.87 bits per heavy atom. The van der Waals surface area contributed by atoms with E-state index in [0.29, 0.717) is 12.5 Å². The summed E-state index contributed by atoms with van der Waals surface area (Å²) in [7, 11) is 0. The van der Waals surface area contributed by atoms with Crippen molar-refractivity contribution in [2.45, 2.75) is 39.2 Å². The maximum Gasteiger partial charge on any atom is 0.122 e. The van der Waals surface area contributed by atoms with Gasteiger partial charge < -0.3 is 9.84 Å². The molecule has 15 heavy (non-hydrogen) atoms. The smallest absolute Gasteiger partial charge is 0.122 e. The highest BCUT2D eigenvalue weighted by Gasteiger charge is 2.15. The fourth-order valence-electron chi connectivity index (χ4n) is 1.34. The van der Waals surface area contributed by atoms with E-state index in [0.717, 1.165) is 5.75 Å². The van der Waals surface area contributed by atoms with Crippen molar-refractivity contribution in [3.05, 3.63) is 29.8 Å².